The third kappa shape index (κ3) is 11.9. The molecule has 0 unspecified atom stereocenters. The third-order valence-electron chi connectivity index (χ3n) is 0.519. The molecule has 0 saturated carbocycles. The molecule has 0 amide bonds. The molecule has 0 saturated heterocycles. The summed E-state index contributed by atoms with van der Waals surface area (Å²) in [6, 6.07) is 0. The van der Waals surface area contributed by atoms with Crippen LogP contribution in [0.25, 0.3) is 0 Å². The first kappa shape index (κ1) is 13.9. The van der Waals surface area contributed by atoms with Gasteiger partial charge in [-0.2, -0.15) is 0 Å². The van der Waals surface area contributed by atoms with Gasteiger partial charge in [-0.05, 0) is 0 Å². The van der Waals surface area contributed by atoms with Crippen LogP contribution >= 0.6 is 0 Å². The maximum absolute atomic E-state index is 10.9. The first-order valence-electron chi connectivity index (χ1n) is 2.99. The van der Waals surface area contributed by atoms with E-state index in [0.717, 1.165) is 22.8 Å². The summed E-state index contributed by atoms with van der Waals surface area (Å²) < 4.78 is 14.2. The monoisotopic (exact) mass is 335 g/mol. The molecule has 0 aromatic rings. The second-order valence-electron chi connectivity index (χ2n) is 1.25. The van der Waals surface area contributed by atoms with E-state index in [4.69, 9.17) is 0 Å². The zero-order valence-electron chi connectivity index (χ0n) is 7.14. The van der Waals surface area contributed by atoms with Crippen molar-refractivity contribution in [3.63, 3.8) is 0 Å². The Morgan fingerprint density at radius 1 is 0.500 bits per heavy atom. The van der Waals surface area contributed by atoms with Crippen molar-refractivity contribution in [3.05, 3.63) is 0 Å². The summed E-state index contributed by atoms with van der Waals surface area (Å²) in [5.74, 6) is 0. The Morgan fingerprint density at radius 3 is 1.12 bits per heavy atom. The van der Waals surface area contributed by atoms with Gasteiger partial charge in [0.25, 0.3) is 0 Å². The van der Waals surface area contributed by atoms with Crippen molar-refractivity contribution in [1.29, 1.82) is 0 Å². The van der Waals surface area contributed by atoms with Crippen LogP contribution in [0.15, 0.2) is 71.4 Å². The summed E-state index contributed by atoms with van der Waals surface area (Å²) in [6.45, 7) is 0. The standard InChI is InChI=1S/FN14.Sn/c1-3-5-7-9-11-13-15-14-12-10-8-6-4-2;/q-1;+1/b5-3?,8-6+,9-7+,12-10+,13-11+,15-14+;. The van der Waals surface area contributed by atoms with Crippen LogP contribution in [0.3, 0.4) is 0 Å². The van der Waals surface area contributed by atoms with Crippen molar-refractivity contribution in [3.8, 4) is 0 Å². The molecule has 0 heterocycles. The Kier molecular flexibility index (Phi) is 11.3. The fourth-order valence-electron chi connectivity index (χ4n) is 0.214. The predicted molar refractivity (Wildman–Crippen MR) is 40.9 cm³/mol. The van der Waals surface area contributed by atoms with Crippen molar-refractivity contribution >= 4 is 22.8 Å². The Hall–Kier alpha value is -2.07. The maximum atomic E-state index is 10.9. The average Bonchev–Trinajstić information content (AvgIpc) is 2.31. The van der Waals surface area contributed by atoms with Crippen LogP contribution in [0.1, 0.15) is 0 Å². The van der Waals surface area contributed by atoms with Gasteiger partial charge in [0.2, 0.25) is 0 Å². The molecule has 0 fully saturated rings. The van der Waals surface area contributed by atoms with Crippen molar-refractivity contribution in [1.82, 2.24) is 0 Å². The van der Waals surface area contributed by atoms with Gasteiger partial charge < -0.3 is 0 Å². The molecule has 81 valence electrons. The van der Waals surface area contributed by atoms with Crippen LogP contribution < -0.4 is 0 Å². The Balaban J connectivity index is 3.76. The van der Waals surface area contributed by atoms with Gasteiger partial charge >= 0.3 is 83.6 Å². The molecule has 0 aliphatic carbocycles. The molecule has 0 atom stereocenters. The third-order valence-corrected chi connectivity index (χ3v) is 0.774. The molecule has 0 rings (SSSR count). The molecular formula is FN14Sn. The topological polar surface area (TPSA) is 173 Å². The van der Waals surface area contributed by atoms with Gasteiger partial charge in [-0.15, -0.1) is 0 Å². The summed E-state index contributed by atoms with van der Waals surface area (Å²) in [5, 5.41) is 36.6. The average molecular weight is 334 g/mol. The summed E-state index contributed by atoms with van der Waals surface area (Å²) in [6.07, 6.45) is 0. The van der Waals surface area contributed by atoms with Crippen LogP contribution in [0.4, 0.5) is 4.48 Å². The van der Waals surface area contributed by atoms with Crippen molar-refractivity contribution in [2.75, 3.05) is 0 Å². The van der Waals surface area contributed by atoms with E-state index in [1.54, 1.807) is 5.34 Å². The first-order chi connectivity index (χ1) is 7.91. The SMILES string of the molecule is FN=N/N=N/N=N/N=N/N=N/N=N/N=[N][Sn]. The normalized spacial score (nSPS) is 14.4. The van der Waals surface area contributed by atoms with Gasteiger partial charge in [-0.3, -0.25) is 0 Å². The van der Waals surface area contributed by atoms with Gasteiger partial charge in [-0.25, -0.2) is 0 Å². The van der Waals surface area contributed by atoms with Crippen molar-refractivity contribution in [2.45, 2.75) is 0 Å². The van der Waals surface area contributed by atoms with Crippen LogP contribution in [-0.2, 0) is 0 Å². The molecule has 0 aromatic heterocycles. The molecule has 0 aromatic carbocycles. The fourth-order valence-corrected chi connectivity index (χ4v) is 0.328. The molecule has 0 spiro atoms. The first-order valence-corrected chi connectivity index (χ1v) is 4.27. The molecule has 16 heavy (non-hydrogen) atoms. The Morgan fingerprint density at radius 2 is 0.812 bits per heavy atom. The molecule has 0 aliphatic heterocycles. The van der Waals surface area contributed by atoms with E-state index in [9.17, 15) is 4.48 Å². The van der Waals surface area contributed by atoms with Gasteiger partial charge in [0.05, 0.1) is 0 Å². The number of nitrogens with zero attached hydrogens (tertiary/aromatic N) is 14. The second kappa shape index (κ2) is 12.9. The zero-order chi connectivity index (χ0) is 11.9. The quantitative estimate of drug-likeness (QED) is 0.395. The van der Waals surface area contributed by atoms with Crippen molar-refractivity contribution < 1.29 is 4.48 Å². The van der Waals surface area contributed by atoms with Crippen LogP contribution in [0, 0.1) is 0 Å². The van der Waals surface area contributed by atoms with E-state index in [-0.39, 0.29) is 0 Å². The molecule has 14 nitrogen and oxygen atoms in total. The predicted octanol–water partition coefficient (Wildman–Crippen LogP) is 2.61. The summed E-state index contributed by atoms with van der Waals surface area (Å²) in [5.41, 5.74) is 0. The van der Waals surface area contributed by atoms with Crippen molar-refractivity contribution in [2.24, 2.45) is 71.4 Å². The van der Waals surface area contributed by atoms with Gasteiger partial charge in [0.15, 0.2) is 0 Å². The molecular weight excluding hydrogens is 334 g/mol. The van der Waals surface area contributed by atoms with Crippen LogP contribution in [-0.4, -0.2) is 22.8 Å². The van der Waals surface area contributed by atoms with Gasteiger partial charge in [0.1, 0.15) is 0 Å². The Labute approximate surface area is 99.0 Å². The van der Waals surface area contributed by atoms with Gasteiger partial charge in [-0.1, -0.05) is 4.48 Å². The number of hydrogen-bond donors (Lipinski definition) is 0. The van der Waals surface area contributed by atoms with E-state index in [1.807, 2.05) is 0 Å². The van der Waals surface area contributed by atoms with Crippen LogP contribution in [0.5, 0.6) is 0 Å². The summed E-state index contributed by atoms with van der Waals surface area (Å²) in [7, 11) is 0. The minimum absolute atomic E-state index is 0.826. The Bertz CT molecular complexity index is 308. The van der Waals surface area contributed by atoms with E-state index in [1.165, 1.54) is 0 Å². The van der Waals surface area contributed by atoms with E-state index in [0.29, 0.717) is 0 Å². The zero-order valence-corrected chi connectivity index (χ0v) is 9.99. The number of rotatable bonds is 6. The van der Waals surface area contributed by atoms with E-state index >= 15 is 0 Å². The molecule has 0 bridgehead atoms. The van der Waals surface area contributed by atoms with Gasteiger partial charge in [0, 0.05) is 10.6 Å². The van der Waals surface area contributed by atoms with E-state index in [2.05, 4.69) is 66.0 Å². The molecule has 3 radical (unpaired) electrons. The number of halogens is 1. The number of hydrogen-bond acceptors (Lipinski definition) is 2. The summed E-state index contributed by atoms with van der Waals surface area (Å²) in [4.78, 5) is 0. The molecule has 0 aliphatic rings. The molecule has 16 heteroatoms. The van der Waals surface area contributed by atoms with Crippen LogP contribution in [0.2, 0.25) is 0 Å². The summed E-state index contributed by atoms with van der Waals surface area (Å²) >= 11 is 0.826. The minimum atomic E-state index is 0.826. The molecule has 0 N–H and O–H groups in total. The van der Waals surface area contributed by atoms with E-state index < -0.39 is 0 Å². The fraction of sp³-hybridized carbons (Fsp3) is 0. The second-order valence-corrected chi connectivity index (χ2v) is 1.82.